The Bertz CT molecular complexity index is 388. The lowest BCUT2D eigenvalue weighted by molar-refractivity contribution is 0.580. The molecular weight excluding hydrogens is 198 g/mol. The summed E-state index contributed by atoms with van der Waals surface area (Å²) in [5.41, 5.74) is 8.34. The summed E-state index contributed by atoms with van der Waals surface area (Å²) in [6.07, 6.45) is 7.02. The fraction of sp³-hybridized carbons (Fsp3) is 0.538. The van der Waals surface area contributed by atoms with E-state index in [4.69, 9.17) is 5.73 Å². The number of nitrogens with one attached hydrogen (secondary N) is 1. The first kappa shape index (κ1) is 9.97. The Morgan fingerprint density at radius 1 is 1.62 bits per heavy atom. The van der Waals surface area contributed by atoms with Crippen molar-refractivity contribution in [1.82, 2.24) is 10.2 Å². The molecule has 1 aliphatic carbocycles. The van der Waals surface area contributed by atoms with Crippen molar-refractivity contribution in [2.24, 2.45) is 11.7 Å². The van der Waals surface area contributed by atoms with Crippen LogP contribution in [0.25, 0.3) is 0 Å². The van der Waals surface area contributed by atoms with Gasteiger partial charge in [-0.1, -0.05) is 12.7 Å². The topological polar surface area (TPSA) is 41.1 Å². The normalized spacial score (nSPS) is 28.9. The van der Waals surface area contributed by atoms with Crippen LogP contribution >= 0.6 is 0 Å². The van der Waals surface area contributed by atoms with E-state index in [-0.39, 0.29) is 6.04 Å². The van der Waals surface area contributed by atoms with Gasteiger partial charge in [-0.3, -0.25) is 0 Å². The minimum absolute atomic E-state index is 0.119. The highest BCUT2D eigenvalue weighted by molar-refractivity contribution is 5.38. The van der Waals surface area contributed by atoms with Gasteiger partial charge >= 0.3 is 0 Å². The van der Waals surface area contributed by atoms with Crippen molar-refractivity contribution in [3.05, 3.63) is 35.8 Å². The SMILES string of the molecule is C=C(NC1=CC(C(C)N)=CC2CN12)C1CC1. The fourth-order valence-electron chi connectivity index (χ4n) is 2.17. The Labute approximate surface area is 96.7 Å². The highest BCUT2D eigenvalue weighted by Gasteiger charge is 2.38. The van der Waals surface area contributed by atoms with Crippen LogP contribution in [0.3, 0.4) is 0 Å². The van der Waals surface area contributed by atoms with Crippen LogP contribution in [0.1, 0.15) is 19.8 Å². The highest BCUT2D eigenvalue weighted by Crippen LogP contribution is 2.37. The number of nitrogens with zero attached hydrogens (tertiary/aromatic N) is 1. The number of nitrogens with two attached hydrogens (primary N) is 1. The zero-order chi connectivity index (χ0) is 11.3. The molecule has 2 aliphatic heterocycles. The molecule has 0 aromatic carbocycles. The molecule has 86 valence electrons. The first-order chi connectivity index (χ1) is 7.65. The third kappa shape index (κ3) is 1.76. The third-order valence-corrected chi connectivity index (χ3v) is 3.53. The Hall–Kier alpha value is -1.22. The van der Waals surface area contributed by atoms with E-state index < -0.39 is 0 Å². The van der Waals surface area contributed by atoms with Crippen LogP contribution in [-0.2, 0) is 0 Å². The van der Waals surface area contributed by atoms with Crippen molar-refractivity contribution in [1.29, 1.82) is 0 Å². The fourth-order valence-corrected chi connectivity index (χ4v) is 2.17. The number of allylic oxidation sites excluding steroid dienone is 1. The van der Waals surface area contributed by atoms with Gasteiger partial charge in [0.1, 0.15) is 5.82 Å². The third-order valence-electron chi connectivity index (χ3n) is 3.53. The van der Waals surface area contributed by atoms with Gasteiger partial charge in [0.15, 0.2) is 0 Å². The molecule has 0 bridgehead atoms. The summed E-state index contributed by atoms with van der Waals surface area (Å²) in [4.78, 5) is 2.35. The van der Waals surface area contributed by atoms with Gasteiger partial charge in [-0.15, -0.1) is 0 Å². The van der Waals surface area contributed by atoms with Crippen LogP contribution < -0.4 is 11.1 Å². The lowest BCUT2D eigenvalue weighted by Crippen LogP contribution is -2.26. The summed E-state index contributed by atoms with van der Waals surface area (Å²) in [6, 6.07) is 0.689. The molecule has 2 atom stereocenters. The Kier molecular flexibility index (Phi) is 2.11. The van der Waals surface area contributed by atoms with E-state index in [1.54, 1.807) is 0 Å². The molecule has 3 rings (SSSR count). The molecule has 0 spiro atoms. The molecule has 2 heterocycles. The van der Waals surface area contributed by atoms with Gasteiger partial charge in [0.05, 0.1) is 6.04 Å². The molecule has 0 radical (unpaired) electrons. The summed E-state index contributed by atoms with van der Waals surface area (Å²) < 4.78 is 0. The van der Waals surface area contributed by atoms with E-state index in [1.165, 1.54) is 29.9 Å². The maximum Gasteiger partial charge on any atom is 0.106 e. The van der Waals surface area contributed by atoms with Gasteiger partial charge in [0, 0.05) is 18.3 Å². The van der Waals surface area contributed by atoms with Crippen molar-refractivity contribution in [2.45, 2.75) is 31.8 Å². The second kappa shape index (κ2) is 3.39. The molecular formula is C13H19N3. The molecule has 0 aromatic rings. The molecule has 3 N–H and O–H groups in total. The molecule has 1 saturated heterocycles. The van der Waals surface area contributed by atoms with Crippen molar-refractivity contribution in [3.8, 4) is 0 Å². The molecule has 1 saturated carbocycles. The smallest absolute Gasteiger partial charge is 0.106 e. The molecule has 2 fully saturated rings. The van der Waals surface area contributed by atoms with Crippen LogP contribution in [0.5, 0.6) is 0 Å². The van der Waals surface area contributed by atoms with Crippen LogP contribution in [0, 0.1) is 5.92 Å². The van der Waals surface area contributed by atoms with E-state index in [9.17, 15) is 0 Å². The summed E-state index contributed by atoms with van der Waals surface area (Å²) in [5, 5.41) is 3.45. The first-order valence-corrected chi connectivity index (χ1v) is 6.06. The summed E-state index contributed by atoms with van der Waals surface area (Å²) >= 11 is 0. The number of rotatable bonds is 4. The molecule has 3 nitrogen and oxygen atoms in total. The maximum atomic E-state index is 5.93. The van der Waals surface area contributed by atoms with Crippen molar-refractivity contribution in [2.75, 3.05) is 6.54 Å². The summed E-state index contributed by atoms with van der Waals surface area (Å²) in [5.74, 6) is 1.89. The Morgan fingerprint density at radius 2 is 2.38 bits per heavy atom. The molecule has 0 amide bonds. The standard InChI is InChI=1S/C13H19N3/c1-8(14)11-5-12-7-16(12)13(6-11)15-9(2)10-3-4-10/h5-6,8,10,12,15H,2-4,7,14H2,1H3. The van der Waals surface area contributed by atoms with Gasteiger partial charge < -0.3 is 16.0 Å². The van der Waals surface area contributed by atoms with Crippen molar-refractivity contribution < 1.29 is 0 Å². The summed E-state index contributed by atoms with van der Waals surface area (Å²) in [6.45, 7) is 7.26. The van der Waals surface area contributed by atoms with Crippen LogP contribution in [-0.4, -0.2) is 23.5 Å². The van der Waals surface area contributed by atoms with E-state index in [0.29, 0.717) is 12.0 Å². The Balaban J connectivity index is 1.73. The summed E-state index contributed by atoms with van der Waals surface area (Å²) in [7, 11) is 0. The largest absolute Gasteiger partial charge is 0.348 e. The van der Waals surface area contributed by atoms with E-state index >= 15 is 0 Å². The van der Waals surface area contributed by atoms with E-state index in [0.717, 1.165) is 6.54 Å². The minimum Gasteiger partial charge on any atom is -0.348 e. The minimum atomic E-state index is 0.119. The van der Waals surface area contributed by atoms with Crippen molar-refractivity contribution >= 4 is 0 Å². The molecule has 0 aromatic heterocycles. The van der Waals surface area contributed by atoms with Gasteiger partial charge in [0.2, 0.25) is 0 Å². The van der Waals surface area contributed by atoms with Crippen molar-refractivity contribution in [3.63, 3.8) is 0 Å². The average Bonchev–Trinajstić information content (AvgIpc) is 3.11. The molecule has 3 aliphatic rings. The number of hydrogen-bond donors (Lipinski definition) is 2. The quantitative estimate of drug-likeness (QED) is 0.698. The Morgan fingerprint density at radius 3 is 3.00 bits per heavy atom. The van der Waals surface area contributed by atoms with Gasteiger partial charge in [-0.25, -0.2) is 0 Å². The highest BCUT2D eigenvalue weighted by atomic mass is 15.4. The molecule has 3 heteroatoms. The monoisotopic (exact) mass is 217 g/mol. The maximum absolute atomic E-state index is 5.93. The van der Waals surface area contributed by atoms with Gasteiger partial charge in [-0.2, -0.15) is 0 Å². The second-order valence-corrected chi connectivity index (χ2v) is 5.13. The zero-order valence-electron chi connectivity index (χ0n) is 9.74. The van der Waals surface area contributed by atoms with Crippen LogP contribution in [0.2, 0.25) is 0 Å². The van der Waals surface area contributed by atoms with E-state index in [2.05, 4.69) is 28.9 Å². The number of fused-ring (bicyclic) bond motifs is 1. The van der Waals surface area contributed by atoms with Gasteiger partial charge in [-0.05, 0) is 37.3 Å². The number of hydrogen-bond acceptors (Lipinski definition) is 3. The average molecular weight is 217 g/mol. The van der Waals surface area contributed by atoms with Gasteiger partial charge in [0.25, 0.3) is 0 Å². The lowest BCUT2D eigenvalue weighted by atomic mass is 10.1. The lowest BCUT2D eigenvalue weighted by Gasteiger charge is -2.20. The second-order valence-electron chi connectivity index (χ2n) is 5.13. The van der Waals surface area contributed by atoms with Crippen LogP contribution in [0.15, 0.2) is 35.8 Å². The van der Waals surface area contributed by atoms with Crippen LogP contribution in [0.4, 0.5) is 0 Å². The predicted molar refractivity (Wildman–Crippen MR) is 65.3 cm³/mol. The molecule has 16 heavy (non-hydrogen) atoms. The first-order valence-electron chi connectivity index (χ1n) is 6.06. The predicted octanol–water partition coefficient (Wildman–Crippen LogP) is 1.31. The molecule has 2 unspecified atom stereocenters. The van der Waals surface area contributed by atoms with E-state index in [1.807, 2.05) is 6.92 Å². The zero-order valence-corrected chi connectivity index (χ0v) is 9.74.